The van der Waals surface area contributed by atoms with Crippen LogP contribution in [0.25, 0.3) is 0 Å². The quantitative estimate of drug-likeness (QED) is 0.768. The molecule has 1 aliphatic rings. The predicted molar refractivity (Wildman–Crippen MR) is 69.3 cm³/mol. The number of carbonyl (C=O) groups excluding carboxylic acids is 1. The normalized spacial score (nSPS) is 20.8. The number of rotatable bonds is 5. The lowest BCUT2D eigenvalue weighted by molar-refractivity contribution is -0.153. The van der Waals surface area contributed by atoms with Gasteiger partial charge in [-0.2, -0.15) is 0 Å². The minimum atomic E-state index is -0.784. The van der Waals surface area contributed by atoms with Crippen molar-refractivity contribution in [2.45, 2.75) is 33.6 Å². The number of likely N-dealkylation sites (tertiary alicyclic amines) is 1. The van der Waals surface area contributed by atoms with E-state index in [-0.39, 0.29) is 11.8 Å². The first kappa shape index (κ1) is 15.0. The van der Waals surface area contributed by atoms with Gasteiger partial charge in [-0.3, -0.25) is 9.59 Å². The molecule has 0 aromatic rings. The summed E-state index contributed by atoms with van der Waals surface area (Å²) in [4.78, 5) is 25.0. The molecule has 2 N–H and O–H groups in total. The summed E-state index contributed by atoms with van der Waals surface area (Å²) in [6, 6.07) is 0. The zero-order chi connectivity index (χ0) is 13.8. The lowest BCUT2D eigenvalue weighted by Gasteiger charge is -2.39. The van der Waals surface area contributed by atoms with Crippen LogP contribution in [0.2, 0.25) is 0 Å². The third-order valence-corrected chi connectivity index (χ3v) is 3.87. The van der Waals surface area contributed by atoms with Crippen LogP contribution in [0.15, 0.2) is 0 Å². The molecule has 1 aliphatic heterocycles. The Morgan fingerprint density at radius 2 is 2.11 bits per heavy atom. The Labute approximate surface area is 109 Å². The highest BCUT2D eigenvalue weighted by Crippen LogP contribution is 2.34. The van der Waals surface area contributed by atoms with E-state index in [0.29, 0.717) is 13.1 Å². The van der Waals surface area contributed by atoms with Gasteiger partial charge in [0.05, 0.1) is 12.0 Å². The zero-order valence-corrected chi connectivity index (χ0v) is 11.5. The van der Waals surface area contributed by atoms with Crippen molar-refractivity contribution in [1.82, 2.24) is 10.2 Å². The summed E-state index contributed by atoms with van der Waals surface area (Å²) in [7, 11) is 0. The number of piperidine rings is 1. The second-order valence-electron chi connectivity index (χ2n) is 5.49. The monoisotopic (exact) mass is 256 g/mol. The van der Waals surface area contributed by atoms with Gasteiger partial charge in [-0.15, -0.1) is 0 Å². The number of amides is 1. The Kier molecular flexibility index (Phi) is 5.14. The number of likely N-dealkylation sites (N-methyl/N-ethyl adjacent to an activating group) is 1. The van der Waals surface area contributed by atoms with E-state index in [4.69, 9.17) is 0 Å². The van der Waals surface area contributed by atoms with Crippen LogP contribution in [0.5, 0.6) is 0 Å². The van der Waals surface area contributed by atoms with Crippen LogP contribution in [0.3, 0.4) is 0 Å². The Morgan fingerprint density at radius 3 is 2.67 bits per heavy atom. The number of aliphatic carboxylic acids is 1. The molecule has 18 heavy (non-hydrogen) atoms. The number of hydrogen-bond donors (Lipinski definition) is 2. The number of nitrogens with zero attached hydrogens (tertiary/aromatic N) is 1. The van der Waals surface area contributed by atoms with Gasteiger partial charge in [0.25, 0.3) is 0 Å². The molecule has 0 aliphatic carbocycles. The molecule has 1 amide bonds. The highest BCUT2D eigenvalue weighted by atomic mass is 16.4. The van der Waals surface area contributed by atoms with E-state index in [1.807, 2.05) is 6.92 Å². The Balaban J connectivity index is 2.61. The molecule has 5 nitrogen and oxygen atoms in total. The summed E-state index contributed by atoms with van der Waals surface area (Å²) in [6.07, 6.45) is 1.77. The van der Waals surface area contributed by atoms with Gasteiger partial charge >= 0.3 is 5.97 Å². The van der Waals surface area contributed by atoms with Crippen molar-refractivity contribution in [3.8, 4) is 0 Å². The molecular weight excluding hydrogens is 232 g/mol. The van der Waals surface area contributed by atoms with Crippen molar-refractivity contribution < 1.29 is 14.7 Å². The maximum atomic E-state index is 11.9. The van der Waals surface area contributed by atoms with Crippen LogP contribution in [0.4, 0.5) is 0 Å². The molecule has 104 valence electrons. The van der Waals surface area contributed by atoms with Crippen molar-refractivity contribution in [2.24, 2.45) is 11.3 Å². The van der Waals surface area contributed by atoms with Gasteiger partial charge in [-0.1, -0.05) is 6.92 Å². The van der Waals surface area contributed by atoms with Crippen LogP contribution in [-0.4, -0.2) is 48.1 Å². The van der Waals surface area contributed by atoms with E-state index in [2.05, 4.69) is 5.32 Å². The SMILES string of the molecule is CCNCC(=O)N1CCCC(C(C)(C)C(=O)O)C1. The van der Waals surface area contributed by atoms with E-state index in [9.17, 15) is 14.7 Å². The number of carboxylic acids is 1. The van der Waals surface area contributed by atoms with Crippen molar-refractivity contribution in [2.75, 3.05) is 26.2 Å². The van der Waals surface area contributed by atoms with Gasteiger partial charge in [-0.05, 0) is 39.2 Å². The minimum absolute atomic E-state index is 0.0364. The highest BCUT2D eigenvalue weighted by molar-refractivity contribution is 5.79. The van der Waals surface area contributed by atoms with E-state index < -0.39 is 11.4 Å². The molecule has 5 heteroatoms. The predicted octanol–water partition coefficient (Wildman–Crippen LogP) is 0.945. The zero-order valence-electron chi connectivity index (χ0n) is 11.5. The van der Waals surface area contributed by atoms with Crippen LogP contribution in [0, 0.1) is 11.3 Å². The summed E-state index contributed by atoms with van der Waals surface area (Å²) in [6.45, 7) is 7.87. The molecule has 0 saturated carbocycles. The Morgan fingerprint density at radius 1 is 1.44 bits per heavy atom. The summed E-state index contributed by atoms with van der Waals surface area (Å²) in [5.41, 5.74) is -0.767. The molecule has 1 atom stereocenters. The Hall–Kier alpha value is -1.10. The van der Waals surface area contributed by atoms with Gasteiger partial charge < -0.3 is 15.3 Å². The summed E-state index contributed by atoms with van der Waals surface area (Å²) in [5, 5.41) is 12.3. The van der Waals surface area contributed by atoms with Crippen molar-refractivity contribution in [1.29, 1.82) is 0 Å². The van der Waals surface area contributed by atoms with Gasteiger partial charge in [0.2, 0.25) is 5.91 Å². The largest absolute Gasteiger partial charge is 0.481 e. The first-order valence-corrected chi connectivity index (χ1v) is 6.61. The Bertz CT molecular complexity index is 315. The first-order chi connectivity index (χ1) is 8.39. The number of nitrogens with one attached hydrogen (secondary N) is 1. The fraction of sp³-hybridized carbons (Fsp3) is 0.846. The standard InChI is InChI=1S/C13H24N2O3/c1-4-14-8-11(16)15-7-5-6-10(9-15)13(2,3)12(17)18/h10,14H,4-9H2,1-3H3,(H,17,18). The lowest BCUT2D eigenvalue weighted by Crippen LogP contribution is -2.48. The summed E-state index contributed by atoms with van der Waals surface area (Å²) < 4.78 is 0. The van der Waals surface area contributed by atoms with E-state index >= 15 is 0 Å². The van der Waals surface area contributed by atoms with Crippen LogP contribution < -0.4 is 5.32 Å². The lowest BCUT2D eigenvalue weighted by atomic mass is 9.74. The molecule has 0 aromatic carbocycles. The van der Waals surface area contributed by atoms with Crippen molar-refractivity contribution in [3.63, 3.8) is 0 Å². The summed E-state index contributed by atoms with van der Waals surface area (Å²) >= 11 is 0. The average Bonchev–Trinajstić information content (AvgIpc) is 2.35. The molecule has 1 saturated heterocycles. The maximum absolute atomic E-state index is 11.9. The second-order valence-corrected chi connectivity index (χ2v) is 5.49. The van der Waals surface area contributed by atoms with Crippen molar-refractivity contribution >= 4 is 11.9 Å². The van der Waals surface area contributed by atoms with Crippen molar-refractivity contribution in [3.05, 3.63) is 0 Å². The third kappa shape index (κ3) is 3.45. The van der Waals surface area contributed by atoms with Gasteiger partial charge in [0.1, 0.15) is 0 Å². The van der Waals surface area contributed by atoms with Gasteiger partial charge in [0, 0.05) is 13.1 Å². The number of carboxylic acid groups (broad SMARTS) is 1. The third-order valence-electron chi connectivity index (χ3n) is 3.87. The second kappa shape index (κ2) is 6.18. The molecule has 1 unspecified atom stereocenters. The van der Waals surface area contributed by atoms with Crippen LogP contribution in [0.1, 0.15) is 33.6 Å². The number of hydrogen-bond acceptors (Lipinski definition) is 3. The molecule has 1 fully saturated rings. The van der Waals surface area contributed by atoms with E-state index in [1.54, 1.807) is 18.7 Å². The summed E-state index contributed by atoms with van der Waals surface area (Å²) in [5.74, 6) is -0.675. The highest BCUT2D eigenvalue weighted by Gasteiger charge is 2.39. The fourth-order valence-electron chi connectivity index (χ4n) is 2.31. The molecular formula is C13H24N2O3. The van der Waals surface area contributed by atoms with E-state index in [0.717, 1.165) is 25.9 Å². The van der Waals surface area contributed by atoms with E-state index in [1.165, 1.54) is 0 Å². The van der Waals surface area contributed by atoms with Gasteiger partial charge in [-0.25, -0.2) is 0 Å². The molecule has 0 bridgehead atoms. The van der Waals surface area contributed by atoms with Crippen LogP contribution >= 0.6 is 0 Å². The minimum Gasteiger partial charge on any atom is -0.481 e. The molecule has 0 radical (unpaired) electrons. The topological polar surface area (TPSA) is 69.6 Å². The molecule has 1 heterocycles. The average molecular weight is 256 g/mol. The molecule has 0 aromatic heterocycles. The molecule has 1 rings (SSSR count). The maximum Gasteiger partial charge on any atom is 0.309 e. The fourth-order valence-corrected chi connectivity index (χ4v) is 2.31. The smallest absolute Gasteiger partial charge is 0.309 e. The van der Waals surface area contributed by atoms with Gasteiger partial charge in [0.15, 0.2) is 0 Å². The first-order valence-electron chi connectivity index (χ1n) is 6.61. The number of carbonyl (C=O) groups is 2. The van der Waals surface area contributed by atoms with Crippen LogP contribution in [-0.2, 0) is 9.59 Å². The molecule has 0 spiro atoms.